The summed E-state index contributed by atoms with van der Waals surface area (Å²) in [5.74, 6) is -0.932. The van der Waals surface area contributed by atoms with E-state index >= 15 is 0 Å². The molecule has 0 radical (unpaired) electrons. The van der Waals surface area contributed by atoms with E-state index in [4.69, 9.17) is 11.5 Å². The minimum Gasteiger partial charge on any atom is -0.384 e. The minimum atomic E-state index is -2.79. The maximum atomic E-state index is 12.5. The summed E-state index contributed by atoms with van der Waals surface area (Å²) in [6.07, 6.45) is -2.79. The van der Waals surface area contributed by atoms with Gasteiger partial charge in [0.2, 0.25) is 5.91 Å². The molecule has 1 rings (SSSR count). The first-order valence-electron chi connectivity index (χ1n) is 3.78. The number of carbonyl (C=O) groups excluding carboxylic acids is 1. The number of rotatable bonds is 2. The summed E-state index contributed by atoms with van der Waals surface area (Å²) in [4.78, 5) is 14.5. The number of primary amides is 1. The van der Waals surface area contributed by atoms with Gasteiger partial charge in [-0.15, -0.1) is 0 Å². The van der Waals surface area contributed by atoms with Crippen LogP contribution in [-0.4, -0.2) is 10.9 Å². The normalized spacial score (nSPS) is 10.6. The molecule has 4 N–H and O–H groups in total. The van der Waals surface area contributed by atoms with Crippen molar-refractivity contribution < 1.29 is 13.6 Å². The number of hydrogen-bond acceptors (Lipinski definition) is 3. The van der Waals surface area contributed by atoms with Gasteiger partial charge in [-0.25, -0.2) is 13.8 Å². The molecule has 1 aromatic rings. The summed E-state index contributed by atoms with van der Waals surface area (Å²) in [5, 5.41) is 0. The van der Waals surface area contributed by atoms with E-state index in [0.717, 1.165) is 6.07 Å². The molecule has 6 heteroatoms. The van der Waals surface area contributed by atoms with Crippen molar-refractivity contribution in [3.05, 3.63) is 22.9 Å². The van der Waals surface area contributed by atoms with Crippen molar-refractivity contribution in [3.63, 3.8) is 0 Å². The zero-order valence-electron chi connectivity index (χ0n) is 7.42. The third-order valence-electron chi connectivity index (χ3n) is 1.75. The Kier molecular flexibility index (Phi) is 2.64. The number of hydrogen-bond donors (Lipinski definition) is 2. The molecule has 1 aromatic heterocycles. The molecule has 0 aliphatic heterocycles. The molecule has 1 amide bonds. The molecule has 0 saturated carbocycles. The van der Waals surface area contributed by atoms with E-state index in [1.54, 1.807) is 0 Å². The predicted molar refractivity (Wildman–Crippen MR) is 46.9 cm³/mol. The summed E-state index contributed by atoms with van der Waals surface area (Å²) < 4.78 is 25.0. The van der Waals surface area contributed by atoms with Crippen LogP contribution < -0.4 is 11.5 Å². The van der Waals surface area contributed by atoms with E-state index in [0.29, 0.717) is 0 Å². The molecule has 14 heavy (non-hydrogen) atoms. The van der Waals surface area contributed by atoms with Crippen LogP contribution in [0.4, 0.5) is 14.6 Å². The van der Waals surface area contributed by atoms with Crippen LogP contribution in [0.1, 0.15) is 28.0 Å². The third kappa shape index (κ3) is 1.78. The van der Waals surface area contributed by atoms with Gasteiger partial charge in [0.25, 0.3) is 6.43 Å². The number of halogens is 2. The van der Waals surface area contributed by atoms with Crippen molar-refractivity contribution in [2.75, 3.05) is 5.73 Å². The van der Waals surface area contributed by atoms with Crippen molar-refractivity contribution in [1.29, 1.82) is 0 Å². The number of aromatic nitrogens is 1. The van der Waals surface area contributed by atoms with E-state index in [2.05, 4.69) is 4.98 Å². The van der Waals surface area contributed by atoms with Gasteiger partial charge in [0.05, 0.1) is 11.1 Å². The molecule has 0 bridgehead atoms. The highest BCUT2D eigenvalue weighted by molar-refractivity contribution is 5.95. The van der Waals surface area contributed by atoms with Gasteiger partial charge in [-0.3, -0.25) is 4.79 Å². The lowest BCUT2D eigenvalue weighted by Crippen LogP contribution is -2.16. The van der Waals surface area contributed by atoms with E-state index in [-0.39, 0.29) is 17.1 Å². The molecule has 0 aliphatic carbocycles. The number of amides is 1. The summed E-state index contributed by atoms with van der Waals surface area (Å²) in [7, 11) is 0. The fourth-order valence-corrected chi connectivity index (χ4v) is 1.19. The predicted octanol–water partition coefficient (Wildman–Crippen LogP) is 1.01. The summed E-state index contributed by atoms with van der Waals surface area (Å²) in [5.41, 5.74) is 9.53. The van der Waals surface area contributed by atoms with Crippen LogP contribution in [0, 0.1) is 6.92 Å². The van der Waals surface area contributed by atoms with Gasteiger partial charge in [-0.1, -0.05) is 0 Å². The van der Waals surface area contributed by atoms with Crippen LogP contribution in [0.5, 0.6) is 0 Å². The number of pyridine rings is 1. The van der Waals surface area contributed by atoms with E-state index < -0.39 is 17.9 Å². The maximum Gasteiger partial charge on any atom is 0.266 e. The van der Waals surface area contributed by atoms with Crippen molar-refractivity contribution in [3.8, 4) is 0 Å². The average molecular weight is 201 g/mol. The maximum absolute atomic E-state index is 12.5. The van der Waals surface area contributed by atoms with Gasteiger partial charge in [0.15, 0.2) is 0 Å². The highest BCUT2D eigenvalue weighted by Gasteiger charge is 2.20. The van der Waals surface area contributed by atoms with E-state index in [1.807, 2.05) is 0 Å². The number of carbonyl (C=O) groups is 1. The van der Waals surface area contributed by atoms with Gasteiger partial charge >= 0.3 is 0 Å². The Morgan fingerprint density at radius 2 is 2.14 bits per heavy atom. The molecule has 0 saturated heterocycles. The SMILES string of the molecule is Cc1nc(N)cc(C(N)=O)c1C(F)F. The molecule has 0 atom stereocenters. The first-order valence-corrected chi connectivity index (χ1v) is 3.78. The van der Waals surface area contributed by atoms with Gasteiger partial charge in [-0.05, 0) is 13.0 Å². The summed E-state index contributed by atoms with van der Waals surface area (Å²) in [6.45, 7) is 1.35. The molecule has 76 valence electrons. The lowest BCUT2D eigenvalue weighted by Gasteiger charge is -2.09. The fourth-order valence-electron chi connectivity index (χ4n) is 1.19. The molecule has 1 heterocycles. The standard InChI is InChI=1S/C8H9F2N3O/c1-3-6(7(9)10)4(8(12)14)2-5(11)13-3/h2,7H,1H3,(H2,11,13)(H2,12,14). The molecule has 0 aromatic carbocycles. The van der Waals surface area contributed by atoms with Crippen LogP contribution >= 0.6 is 0 Å². The zero-order valence-corrected chi connectivity index (χ0v) is 7.42. The Hall–Kier alpha value is -1.72. The Balaban J connectivity index is 3.44. The summed E-state index contributed by atoms with van der Waals surface area (Å²) in [6, 6.07) is 1.05. The Morgan fingerprint density at radius 1 is 1.57 bits per heavy atom. The van der Waals surface area contributed by atoms with Crippen molar-refractivity contribution in [2.24, 2.45) is 5.73 Å². The number of nitrogens with two attached hydrogens (primary N) is 2. The second-order valence-electron chi connectivity index (χ2n) is 2.76. The second kappa shape index (κ2) is 3.57. The number of aryl methyl sites for hydroxylation is 1. The van der Waals surface area contributed by atoms with Crippen LogP contribution in [0.3, 0.4) is 0 Å². The first kappa shape index (κ1) is 10.4. The molecule has 4 nitrogen and oxygen atoms in total. The monoisotopic (exact) mass is 201 g/mol. The molecular formula is C8H9F2N3O. The number of anilines is 1. The second-order valence-corrected chi connectivity index (χ2v) is 2.76. The highest BCUT2D eigenvalue weighted by Crippen LogP contribution is 2.26. The van der Waals surface area contributed by atoms with Gasteiger partial charge < -0.3 is 11.5 Å². The van der Waals surface area contributed by atoms with E-state index in [9.17, 15) is 13.6 Å². The van der Waals surface area contributed by atoms with Gasteiger partial charge in [0.1, 0.15) is 5.82 Å². The van der Waals surface area contributed by atoms with Crippen molar-refractivity contribution >= 4 is 11.7 Å². The number of nitrogens with zero attached hydrogens (tertiary/aromatic N) is 1. The number of nitrogen functional groups attached to an aromatic ring is 1. The summed E-state index contributed by atoms with van der Waals surface area (Å²) >= 11 is 0. The molecule has 0 unspecified atom stereocenters. The Morgan fingerprint density at radius 3 is 2.57 bits per heavy atom. The quantitative estimate of drug-likeness (QED) is 0.749. The van der Waals surface area contributed by atoms with E-state index in [1.165, 1.54) is 6.92 Å². The molecule has 0 aliphatic rings. The average Bonchev–Trinajstić information content (AvgIpc) is 2.01. The lowest BCUT2D eigenvalue weighted by atomic mass is 10.1. The van der Waals surface area contributed by atoms with Crippen LogP contribution in [-0.2, 0) is 0 Å². The van der Waals surface area contributed by atoms with Gasteiger partial charge in [-0.2, -0.15) is 0 Å². The fraction of sp³-hybridized carbons (Fsp3) is 0.250. The minimum absolute atomic E-state index is 0.000648. The molecule has 0 fully saturated rings. The van der Waals surface area contributed by atoms with Crippen LogP contribution in [0.25, 0.3) is 0 Å². The lowest BCUT2D eigenvalue weighted by molar-refractivity contribution is 0.0985. The smallest absolute Gasteiger partial charge is 0.266 e. The third-order valence-corrected chi connectivity index (χ3v) is 1.75. The van der Waals surface area contributed by atoms with Crippen LogP contribution in [0.2, 0.25) is 0 Å². The number of alkyl halides is 2. The van der Waals surface area contributed by atoms with Crippen molar-refractivity contribution in [1.82, 2.24) is 4.98 Å². The zero-order chi connectivity index (χ0) is 10.9. The largest absolute Gasteiger partial charge is 0.384 e. The Labute approximate surface area is 78.9 Å². The topological polar surface area (TPSA) is 82.0 Å². The highest BCUT2D eigenvalue weighted by atomic mass is 19.3. The Bertz CT molecular complexity index is 379. The van der Waals surface area contributed by atoms with Gasteiger partial charge in [0, 0.05) is 5.69 Å². The van der Waals surface area contributed by atoms with Crippen molar-refractivity contribution in [2.45, 2.75) is 13.3 Å². The van der Waals surface area contributed by atoms with Crippen LogP contribution in [0.15, 0.2) is 6.07 Å². The molecule has 0 spiro atoms. The first-order chi connectivity index (χ1) is 6.43. The molecular weight excluding hydrogens is 192 g/mol.